The van der Waals surface area contributed by atoms with E-state index in [0.29, 0.717) is 41.1 Å². The van der Waals surface area contributed by atoms with Crippen molar-refractivity contribution >= 4 is 22.7 Å². The number of amides is 1. The van der Waals surface area contributed by atoms with Gasteiger partial charge in [-0.3, -0.25) is 4.79 Å². The molecule has 4 heterocycles. The highest BCUT2D eigenvalue weighted by molar-refractivity contribution is 6.07. The van der Waals surface area contributed by atoms with Gasteiger partial charge in [0.25, 0.3) is 11.6 Å². The third-order valence-corrected chi connectivity index (χ3v) is 6.39. The molecule has 176 valence electrons. The van der Waals surface area contributed by atoms with Gasteiger partial charge in [-0.15, -0.1) is 0 Å². The summed E-state index contributed by atoms with van der Waals surface area (Å²) < 4.78 is 16.4. The maximum absolute atomic E-state index is 13.8. The Kier molecular flexibility index (Phi) is 5.73. The number of carbonyl (C=O) groups excluding carboxylic acids is 1. The molecular formula is C26H28N4O4. The summed E-state index contributed by atoms with van der Waals surface area (Å²) in [7, 11) is 1.66. The van der Waals surface area contributed by atoms with Gasteiger partial charge in [0.05, 0.1) is 29.4 Å². The van der Waals surface area contributed by atoms with Crippen LogP contribution in [0.15, 0.2) is 45.3 Å². The molecule has 1 aromatic carbocycles. The van der Waals surface area contributed by atoms with Crippen molar-refractivity contribution in [3.63, 3.8) is 0 Å². The molecule has 0 atom stereocenters. The van der Waals surface area contributed by atoms with Crippen molar-refractivity contribution in [2.24, 2.45) is 0 Å². The van der Waals surface area contributed by atoms with E-state index in [9.17, 15) is 4.79 Å². The second-order valence-corrected chi connectivity index (χ2v) is 8.66. The third kappa shape index (κ3) is 4.00. The minimum absolute atomic E-state index is 0.0330. The standard InChI is InChI=1S/C26H28N4O4/c1-16-14-21(18(3)33-16)23-15-22(24-17(2)28-34-25(24)27-23)26(31)30-11-5-10-29(12-13-30)19-6-8-20(32-4)9-7-19/h6-9,14-15H,5,10-13H2,1-4H3. The van der Waals surface area contributed by atoms with Crippen LogP contribution in [0.4, 0.5) is 5.69 Å². The number of methoxy groups -OCH3 is 1. The molecule has 0 saturated carbocycles. The fourth-order valence-electron chi connectivity index (χ4n) is 4.63. The number of hydrogen-bond donors (Lipinski definition) is 0. The maximum Gasteiger partial charge on any atom is 0.259 e. The molecule has 5 rings (SSSR count). The Labute approximate surface area is 198 Å². The first-order chi connectivity index (χ1) is 16.4. The Morgan fingerprint density at radius 3 is 2.53 bits per heavy atom. The largest absolute Gasteiger partial charge is 0.497 e. The van der Waals surface area contributed by atoms with Gasteiger partial charge in [-0.2, -0.15) is 0 Å². The van der Waals surface area contributed by atoms with E-state index in [1.54, 1.807) is 7.11 Å². The summed E-state index contributed by atoms with van der Waals surface area (Å²) in [5.74, 6) is 2.35. The molecule has 4 aromatic rings. The number of anilines is 1. The van der Waals surface area contributed by atoms with E-state index in [2.05, 4.69) is 27.2 Å². The monoisotopic (exact) mass is 460 g/mol. The SMILES string of the molecule is COc1ccc(N2CCCN(C(=O)c3cc(-c4cc(C)oc4C)nc4onc(C)c34)CC2)cc1. The van der Waals surface area contributed by atoms with E-state index >= 15 is 0 Å². The minimum atomic E-state index is -0.0330. The van der Waals surface area contributed by atoms with Crippen LogP contribution < -0.4 is 9.64 Å². The van der Waals surface area contributed by atoms with E-state index in [1.165, 1.54) is 0 Å². The number of pyridine rings is 1. The summed E-state index contributed by atoms with van der Waals surface area (Å²) in [4.78, 5) is 22.6. The van der Waals surface area contributed by atoms with Crippen LogP contribution in [-0.2, 0) is 0 Å². The Morgan fingerprint density at radius 1 is 1.03 bits per heavy atom. The summed E-state index contributed by atoms with van der Waals surface area (Å²) in [5, 5.41) is 4.75. The Morgan fingerprint density at radius 2 is 1.82 bits per heavy atom. The Bertz CT molecular complexity index is 1340. The van der Waals surface area contributed by atoms with Crippen molar-refractivity contribution < 1.29 is 18.5 Å². The molecule has 1 fully saturated rings. The van der Waals surface area contributed by atoms with Gasteiger partial charge in [0.15, 0.2) is 0 Å². The zero-order valence-corrected chi connectivity index (χ0v) is 19.9. The number of furan rings is 1. The zero-order chi connectivity index (χ0) is 23.8. The van der Waals surface area contributed by atoms with Crippen LogP contribution in [0.2, 0.25) is 0 Å². The molecule has 1 amide bonds. The van der Waals surface area contributed by atoms with Crippen LogP contribution >= 0.6 is 0 Å². The van der Waals surface area contributed by atoms with Crippen LogP contribution in [0.25, 0.3) is 22.4 Å². The molecule has 0 N–H and O–H groups in total. The molecule has 0 aliphatic carbocycles. The van der Waals surface area contributed by atoms with Gasteiger partial charge in [0.1, 0.15) is 17.3 Å². The summed E-state index contributed by atoms with van der Waals surface area (Å²) in [6, 6.07) is 11.8. The molecule has 1 aliphatic heterocycles. The van der Waals surface area contributed by atoms with E-state index in [1.807, 2.05) is 49.9 Å². The highest BCUT2D eigenvalue weighted by Crippen LogP contribution is 2.31. The molecule has 0 spiro atoms. The Hall–Kier alpha value is -3.81. The number of nitrogens with zero attached hydrogens (tertiary/aromatic N) is 4. The number of fused-ring (bicyclic) bond motifs is 1. The number of carbonyl (C=O) groups is 1. The molecule has 0 unspecified atom stereocenters. The van der Waals surface area contributed by atoms with Gasteiger partial charge in [-0.25, -0.2) is 4.98 Å². The predicted octanol–water partition coefficient (Wildman–Crippen LogP) is 4.77. The van der Waals surface area contributed by atoms with Gasteiger partial charge in [0.2, 0.25) is 0 Å². The highest BCUT2D eigenvalue weighted by Gasteiger charge is 2.26. The van der Waals surface area contributed by atoms with Gasteiger partial charge in [-0.1, -0.05) is 5.16 Å². The number of aromatic nitrogens is 2. The lowest BCUT2D eigenvalue weighted by Crippen LogP contribution is -2.35. The summed E-state index contributed by atoms with van der Waals surface area (Å²) in [6.45, 7) is 8.56. The summed E-state index contributed by atoms with van der Waals surface area (Å²) in [5.41, 5.74) is 4.22. The molecule has 0 bridgehead atoms. The molecular weight excluding hydrogens is 432 g/mol. The van der Waals surface area contributed by atoms with Crippen LogP contribution in [0.1, 0.15) is 34.0 Å². The average molecular weight is 461 g/mol. The van der Waals surface area contributed by atoms with Crippen molar-refractivity contribution in [1.29, 1.82) is 0 Å². The lowest BCUT2D eigenvalue weighted by Gasteiger charge is -2.24. The molecule has 8 nitrogen and oxygen atoms in total. The van der Waals surface area contributed by atoms with Gasteiger partial charge in [0, 0.05) is 37.4 Å². The van der Waals surface area contributed by atoms with Crippen molar-refractivity contribution in [3.05, 3.63) is 59.2 Å². The van der Waals surface area contributed by atoms with Gasteiger partial charge in [-0.05, 0) is 63.6 Å². The molecule has 1 aliphatic rings. The number of rotatable bonds is 4. The molecule has 1 saturated heterocycles. The second-order valence-electron chi connectivity index (χ2n) is 8.66. The third-order valence-electron chi connectivity index (χ3n) is 6.39. The molecule has 0 radical (unpaired) electrons. The zero-order valence-electron chi connectivity index (χ0n) is 19.9. The van der Waals surface area contributed by atoms with Crippen LogP contribution in [0.5, 0.6) is 5.75 Å². The van der Waals surface area contributed by atoms with Crippen molar-refractivity contribution in [3.8, 4) is 17.0 Å². The first-order valence-electron chi connectivity index (χ1n) is 11.5. The lowest BCUT2D eigenvalue weighted by atomic mass is 10.0. The number of benzene rings is 1. The number of aryl methyl sites for hydroxylation is 3. The van der Waals surface area contributed by atoms with E-state index < -0.39 is 0 Å². The normalized spacial score (nSPS) is 14.5. The summed E-state index contributed by atoms with van der Waals surface area (Å²) >= 11 is 0. The summed E-state index contributed by atoms with van der Waals surface area (Å²) in [6.07, 6.45) is 0.876. The van der Waals surface area contributed by atoms with Crippen LogP contribution in [0, 0.1) is 20.8 Å². The topological polar surface area (TPSA) is 84.8 Å². The van der Waals surface area contributed by atoms with E-state index in [0.717, 1.165) is 48.0 Å². The molecule has 8 heteroatoms. The van der Waals surface area contributed by atoms with Gasteiger partial charge < -0.3 is 23.5 Å². The molecule has 34 heavy (non-hydrogen) atoms. The number of ether oxygens (including phenoxy) is 1. The first-order valence-corrected chi connectivity index (χ1v) is 11.5. The maximum atomic E-state index is 13.8. The van der Waals surface area contributed by atoms with Crippen LogP contribution in [0.3, 0.4) is 0 Å². The fourth-order valence-corrected chi connectivity index (χ4v) is 4.63. The number of hydrogen-bond acceptors (Lipinski definition) is 7. The lowest BCUT2D eigenvalue weighted by molar-refractivity contribution is 0.0769. The second kappa shape index (κ2) is 8.85. The highest BCUT2D eigenvalue weighted by atomic mass is 16.5. The predicted molar refractivity (Wildman–Crippen MR) is 129 cm³/mol. The smallest absolute Gasteiger partial charge is 0.259 e. The van der Waals surface area contributed by atoms with Crippen molar-refractivity contribution in [2.45, 2.75) is 27.2 Å². The van der Waals surface area contributed by atoms with Crippen LogP contribution in [-0.4, -0.2) is 54.2 Å². The Balaban J connectivity index is 1.44. The van der Waals surface area contributed by atoms with Gasteiger partial charge >= 0.3 is 0 Å². The first kappa shape index (κ1) is 22.0. The van der Waals surface area contributed by atoms with E-state index in [4.69, 9.17) is 13.7 Å². The fraction of sp³-hybridized carbons (Fsp3) is 0.346. The molecule has 3 aromatic heterocycles. The van der Waals surface area contributed by atoms with Crippen molar-refractivity contribution in [1.82, 2.24) is 15.0 Å². The van der Waals surface area contributed by atoms with E-state index in [-0.39, 0.29) is 5.91 Å². The van der Waals surface area contributed by atoms with Crippen molar-refractivity contribution in [2.75, 3.05) is 38.2 Å². The average Bonchev–Trinajstić information content (AvgIpc) is 3.28. The minimum Gasteiger partial charge on any atom is -0.497 e. The quantitative estimate of drug-likeness (QED) is 0.434.